The Balaban J connectivity index is 2.20. The Morgan fingerprint density at radius 3 is 2.72 bits per heavy atom. The molecule has 0 radical (unpaired) electrons. The molecule has 0 aliphatic heterocycles. The summed E-state index contributed by atoms with van der Waals surface area (Å²) in [6, 6.07) is 12.6. The first-order chi connectivity index (χ1) is 12.0. The minimum Gasteiger partial charge on any atom is -0.504 e. The molecule has 0 unspecified atom stereocenters. The summed E-state index contributed by atoms with van der Waals surface area (Å²) in [5.41, 5.74) is 0.943. The highest BCUT2D eigenvalue weighted by molar-refractivity contribution is 9.10. The number of halogens is 1. The molecule has 128 valence electrons. The summed E-state index contributed by atoms with van der Waals surface area (Å²) in [5.74, 6) is 0.337. The van der Waals surface area contributed by atoms with Gasteiger partial charge in [-0.25, -0.2) is 4.68 Å². The second-order valence-corrected chi connectivity index (χ2v) is 6.31. The lowest BCUT2D eigenvalue weighted by Gasteiger charge is -2.08. The molecule has 1 heterocycles. The number of aromatic amines is 1. The maximum absolute atomic E-state index is 12.7. The van der Waals surface area contributed by atoms with Gasteiger partial charge in [0.2, 0.25) is 0 Å². The highest BCUT2D eigenvalue weighted by atomic mass is 79.9. The van der Waals surface area contributed by atoms with E-state index in [1.165, 1.54) is 4.68 Å². The molecular formula is C19H17BrN2O3. The number of rotatable bonds is 4. The highest BCUT2D eigenvalue weighted by Crippen LogP contribution is 2.34. The summed E-state index contributed by atoms with van der Waals surface area (Å²) in [7, 11) is 0. The number of nitrogens with zero attached hydrogens (tertiary/aromatic N) is 1. The Kier molecular flexibility index (Phi) is 4.81. The Labute approximate surface area is 152 Å². The summed E-state index contributed by atoms with van der Waals surface area (Å²) in [5, 5.41) is 14.2. The molecule has 0 aliphatic carbocycles. The van der Waals surface area contributed by atoms with E-state index in [0.29, 0.717) is 34.2 Å². The average molecular weight is 401 g/mol. The second kappa shape index (κ2) is 7.03. The molecule has 0 spiro atoms. The van der Waals surface area contributed by atoms with Crippen LogP contribution in [0.1, 0.15) is 12.5 Å². The number of ether oxygens (including phenoxy) is 1. The van der Waals surface area contributed by atoms with Gasteiger partial charge in [0, 0.05) is 10.0 Å². The van der Waals surface area contributed by atoms with Gasteiger partial charge in [0.25, 0.3) is 5.56 Å². The SMILES string of the molecule is C=c1[nH]n(-c2ccccc2)c(=O)/c1=C/c1cc(Br)cc(OCC)c1O. The van der Waals surface area contributed by atoms with Crippen LogP contribution >= 0.6 is 15.9 Å². The minimum atomic E-state index is -0.242. The van der Waals surface area contributed by atoms with Crippen LogP contribution in [0.15, 0.2) is 51.7 Å². The van der Waals surface area contributed by atoms with E-state index in [1.807, 2.05) is 37.3 Å². The van der Waals surface area contributed by atoms with Gasteiger partial charge in [-0.05, 0) is 37.3 Å². The van der Waals surface area contributed by atoms with Crippen LogP contribution in [0.3, 0.4) is 0 Å². The van der Waals surface area contributed by atoms with Crippen LogP contribution in [0.2, 0.25) is 0 Å². The van der Waals surface area contributed by atoms with Gasteiger partial charge >= 0.3 is 0 Å². The molecule has 0 amide bonds. The monoisotopic (exact) mass is 400 g/mol. The molecule has 0 fully saturated rings. The molecule has 5 nitrogen and oxygen atoms in total. The summed E-state index contributed by atoms with van der Waals surface area (Å²) < 4.78 is 7.59. The second-order valence-electron chi connectivity index (χ2n) is 5.40. The van der Waals surface area contributed by atoms with Crippen LogP contribution in [0.25, 0.3) is 18.3 Å². The number of phenols is 1. The van der Waals surface area contributed by atoms with E-state index in [1.54, 1.807) is 18.2 Å². The molecule has 2 N–H and O–H groups in total. The van der Waals surface area contributed by atoms with Crippen LogP contribution in [0, 0.1) is 0 Å². The van der Waals surface area contributed by atoms with Crippen molar-refractivity contribution in [2.75, 3.05) is 6.61 Å². The zero-order valence-electron chi connectivity index (χ0n) is 13.6. The average Bonchev–Trinajstić information content (AvgIpc) is 2.88. The number of para-hydroxylation sites is 1. The van der Waals surface area contributed by atoms with Gasteiger partial charge in [-0.2, -0.15) is 0 Å². The third-order valence-electron chi connectivity index (χ3n) is 3.69. The fraction of sp³-hybridized carbons (Fsp3) is 0.105. The van der Waals surface area contributed by atoms with Crippen LogP contribution in [0.5, 0.6) is 11.5 Å². The lowest BCUT2D eigenvalue weighted by Crippen LogP contribution is -2.33. The quantitative estimate of drug-likeness (QED) is 0.705. The van der Waals surface area contributed by atoms with Gasteiger partial charge in [0.05, 0.1) is 22.9 Å². The van der Waals surface area contributed by atoms with Crippen molar-refractivity contribution >= 4 is 28.6 Å². The maximum Gasteiger partial charge on any atom is 0.279 e. The number of hydrogen-bond acceptors (Lipinski definition) is 3. The number of hydrogen-bond donors (Lipinski definition) is 2. The van der Waals surface area contributed by atoms with Crippen LogP contribution in [0.4, 0.5) is 0 Å². The fourth-order valence-corrected chi connectivity index (χ4v) is 2.98. The standard InChI is InChI=1S/C19H17BrN2O3/c1-3-25-17-11-14(20)9-13(18(17)23)10-16-12(2)21-22(19(16)24)15-7-5-4-6-8-15/h4-11,21,23H,2-3H2,1H3/b16-10+. The topological polar surface area (TPSA) is 67.2 Å². The zero-order valence-corrected chi connectivity index (χ0v) is 15.2. The summed E-state index contributed by atoms with van der Waals surface area (Å²) in [4.78, 5) is 12.7. The number of phenolic OH excluding ortho intramolecular Hbond substituents is 1. The van der Waals surface area contributed by atoms with E-state index in [9.17, 15) is 9.90 Å². The summed E-state index contributed by atoms with van der Waals surface area (Å²) in [6.45, 7) is 6.16. The third-order valence-corrected chi connectivity index (χ3v) is 4.15. The number of benzene rings is 2. The summed E-state index contributed by atoms with van der Waals surface area (Å²) in [6.07, 6.45) is 1.60. The first kappa shape index (κ1) is 17.1. The van der Waals surface area contributed by atoms with Crippen LogP contribution in [-0.2, 0) is 0 Å². The maximum atomic E-state index is 12.7. The van der Waals surface area contributed by atoms with Crippen molar-refractivity contribution in [2.24, 2.45) is 0 Å². The first-order valence-electron chi connectivity index (χ1n) is 7.73. The lowest BCUT2D eigenvalue weighted by atomic mass is 10.1. The molecule has 0 saturated carbocycles. The number of aromatic nitrogens is 2. The van der Waals surface area contributed by atoms with Crippen LogP contribution < -0.4 is 20.9 Å². The predicted molar refractivity (Wildman–Crippen MR) is 102 cm³/mol. The van der Waals surface area contributed by atoms with E-state index in [4.69, 9.17) is 4.74 Å². The van der Waals surface area contributed by atoms with Crippen molar-refractivity contribution < 1.29 is 9.84 Å². The molecule has 0 bridgehead atoms. The number of nitrogens with one attached hydrogen (secondary N) is 1. The van der Waals surface area contributed by atoms with Crippen molar-refractivity contribution in [3.63, 3.8) is 0 Å². The summed E-state index contributed by atoms with van der Waals surface area (Å²) >= 11 is 3.39. The Morgan fingerprint density at radius 2 is 2.04 bits per heavy atom. The van der Waals surface area contributed by atoms with E-state index >= 15 is 0 Å². The highest BCUT2D eigenvalue weighted by Gasteiger charge is 2.10. The fourth-order valence-electron chi connectivity index (χ4n) is 2.53. The molecule has 0 saturated heterocycles. The van der Waals surface area contributed by atoms with Gasteiger partial charge in [0.15, 0.2) is 11.5 Å². The van der Waals surface area contributed by atoms with Crippen molar-refractivity contribution in [1.82, 2.24) is 9.78 Å². The first-order valence-corrected chi connectivity index (χ1v) is 8.53. The predicted octanol–water partition coefficient (Wildman–Crippen LogP) is 2.27. The molecular weight excluding hydrogens is 384 g/mol. The molecule has 1 aromatic heterocycles. The van der Waals surface area contributed by atoms with Crippen LogP contribution in [-0.4, -0.2) is 21.5 Å². The van der Waals surface area contributed by atoms with Gasteiger partial charge in [-0.1, -0.05) is 40.7 Å². The lowest BCUT2D eigenvalue weighted by molar-refractivity contribution is 0.317. The molecule has 0 aliphatic rings. The molecule has 3 aromatic rings. The third kappa shape index (κ3) is 3.39. The van der Waals surface area contributed by atoms with Crippen molar-refractivity contribution in [3.05, 3.63) is 73.4 Å². The van der Waals surface area contributed by atoms with Crippen molar-refractivity contribution in [2.45, 2.75) is 6.92 Å². The number of H-pyrrole nitrogens is 1. The van der Waals surface area contributed by atoms with E-state index in [-0.39, 0.29) is 11.3 Å². The van der Waals surface area contributed by atoms with Crippen molar-refractivity contribution in [1.29, 1.82) is 0 Å². The Hall–Kier alpha value is -2.73. The zero-order chi connectivity index (χ0) is 18.0. The Morgan fingerprint density at radius 1 is 1.32 bits per heavy atom. The van der Waals surface area contributed by atoms with Gasteiger partial charge < -0.3 is 9.84 Å². The molecule has 0 atom stereocenters. The molecule has 2 aromatic carbocycles. The largest absolute Gasteiger partial charge is 0.504 e. The van der Waals surface area contributed by atoms with Gasteiger partial charge in [-0.15, -0.1) is 0 Å². The van der Waals surface area contributed by atoms with Gasteiger partial charge in [0.1, 0.15) is 0 Å². The van der Waals surface area contributed by atoms with E-state index in [0.717, 1.165) is 4.47 Å². The molecule has 3 rings (SSSR count). The van der Waals surface area contributed by atoms with Crippen molar-refractivity contribution in [3.8, 4) is 17.2 Å². The van der Waals surface area contributed by atoms with E-state index in [2.05, 4.69) is 27.6 Å². The number of aromatic hydroxyl groups is 1. The normalized spacial score (nSPS) is 11.7. The molecule has 6 heteroatoms. The van der Waals surface area contributed by atoms with E-state index < -0.39 is 0 Å². The van der Waals surface area contributed by atoms with Gasteiger partial charge in [-0.3, -0.25) is 9.89 Å². The Bertz CT molecular complexity index is 1070. The smallest absolute Gasteiger partial charge is 0.279 e. The minimum absolute atomic E-state index is 0.0173. The molecule has 25 heavy (non-hydrogen) atoms.